The van der Waals surface area contributed by atoms with Gasteiger partial charge in [0.15, 0.2) is 0 Å². The molecule has 13 aromatic carbocycles. The third-order valence-corrected chi connectivity index (χ3v) is 19.2. The summed E-state index contributed by atoms with van der Waals surface area (Å²) in [5.41, 5.74) is 37.9. The lowest BCUT2D eigenvalue weighted by Gasteiger charge is -2.26. The summed E-state index contributed by atoms with van der Waals surface area (Å²) in [6.07, 6.45) is 0. The molecular formula is C88H61N. The fourth-order valence-electron chi connectivity index (χ4n) is 15.2. The molecular weight excluding hydrogens is 1070 g/mol. The minimum absolute atomic E-state index is 0.0629. The average Bonchev–Trinajstić information content (AvgIpc) is 1.72. The second-order valence-electron chi connectivity index (χ2n) is 24.6. The predicted molar refractivity (Wildman–Crippen MR) is 370 cm³/mol. The highest BCUT2D eigenvalue weighted by molar-refractivity contribution is 5.94. The summed E-state index contributed by atoms with van der Waals surface area (Å²) in [7, 11) is 0. The minimum Gasteiger partial charge on any atom is -0.248 e. The van der Waals surface area contributed by atoms with Crippen molar-refractivity contribution in [1.29, 1.82) is 0 Å². The Balaban J connectivity index is 0.974. The Morgan fingerprint density at radius 2 is 0.551 bits per heavy atom. The zero-order valence-electron chi connectivity index (χ0n) is 49.7. The van der Waals surface area contributed by atoms with E-state index in [0.717, 1.165) is 33.6 Å². The van der Waals surface area contributed by atoms with Gasteiger partial charge in [0, 0.05) is 28.9 Å². The number of nitrogens with zero attached hydrogens (tertiary/aromatic N) is 1. The maximum atomic E-state index is 5.72. The largest absolute Gasteiger partial charge is 0.248 e. The van der Waals surface area contributed by atoms with Gasteiger partial charge < -0.3 is 0 Å². The van der Waals surface area contributed by atoms with Crippen molar-refractivity contribution in [2.24, 2.45) is 0 Å². The molecule has 0 saturated heterocycles. The SMILES string of the molecule is Cc1cccc(-c2ccc3c(c2)-c2cc(-c4cccc(C)c4)ccc2C3c2c(-c3cccc(C4c5ccccc5-c5ccccc54)c3)cc(-c3cc(-c4ccccc4)cc(-c4ccccc4)n3)cc2-c2cccc(C3c4ccccc4-c4ccccc43)c2)c1. The summed E-state index contributed by atoms with van der Waals surface area (Å²) in [5.74, 6) is -0.0326. The zero-order chi connectivity index (χ0) is 59.1. The molecule has 0 radical (unpaired) electrons. The third kappa shape index (κ3) is 9.03. The molecule has 0 atom stereocenters. The van der Waals surface area contributed by atoms with Gasteiger partial charge in [-0.15, -0.1) is 0 Å². The smallest absolute Gasteiger partial charge is 0.0716 e. The Hall–Kier alpha value is -11.0. The van der Waals surface area contributed by atoms with Crippen molar-refractivity contribution in [2.75, 3.05) is 0 Å². The van der Waals surface area contributed by atoms with Crippen LogP contribution in [0.15, 0.2) is 315 Å². The first-order valence-electron chi connectivity index (χ1n) is 31.2. The van der Waals surface area contributed by atoms with Crippen LogP contribution >= 0.6 is 0 Å². The van der Waals surface area contributed by atoms with E-state index in [4.69, 9.17) is 4.98 Å². The van der Waals surface area contributed by atoms with E-state index in [1.165, 1.54) is 139 Å². The fourth-order valence-corrected chi connectivity index (χ4v) is 15.2. The maximum Gasteiger partial charge on any atom is 0.0716 e. The average molecular weight is 1130 g/mol. The zero-order valence-corrected chi connectivity index (χ0v) is 49.7. The number of aromatic nitrogens is 1. The molecule has 0 N–H and O–H groups in total. The van der Waals surface area contributed by atoms with E-state index in [2.05, 4.69) is 329 Å². The van der Waals surface area contributed by atoms with E-state index in [-0.39, 0.29) is 17.8 Å². The highest BCUT2D eigenvalue weighted by Crippen LogP contribution is 2.57. The quantitative estimate of drug-likeness (QED) is 0.133. The molecule has 1 heteroatoms. The Labute approximate surface area is 521 Å². The van der Waals surface area contributed by atoms with Gasteiger partial charge in [-0.1, -0.05) is 290 Å². The molecule has 3 aliphatic rings. The lowest BCUT2D eigenvalue weighted by atomic mass is 9.77. The number of aryl methyl sites for hydroxylation is 2. The molecule has 89 heavy (non-hydrogen) atoms. The van der Waals surface area contributed by atoms with E-state index in [9.17, 15) is 0 Å². The van der Waals surface area contributed by atoms with Gasteiger partial charge in [-0.25, -0.2) is 4.98 Å². The number of hydrogen-bond donors (Lipinski definition) is 0. The molecule has 0 amide bonds. The van der Waals surface area contributed by atoms with Gasteiger partial charge in [0.2, 0.25) is 0 Å². The molecule has 0 saturated carbocycles. The Morgan fingerprint density at radius 3 is 1.00 bits per heavy atom. The van der Waals surface area contributed by atoms with Crippen LogP contribution in [0, 0.1) is 13.8 Å². The first-order chi connectivity index (χ1) is 43.9. The van der Waals surface area contributed by atoms with Gasteiger partial charge in [-0.05, 0) is 189 Å². The van der Waals surface area contributed by atoms with Gasteiger partial charge >= 0.3 is 0 Å². The molecule has 14 aromatic rings. The van der Waals surface area contributed by atoms with Crippen molar-refractivity contribution in [3.8, 4) is 112 Å². The first kappa shape index (κ1) is 52.3. The Morgan fingerprint density at radius 1 is 0.202 bits per heavy atom. The number of hydrogen-bond acceptors (Lipinski definition) is 1. The summed E-state index contributed by atoms with van der Waals surface area (Å²) in [4.78, 5) is 5.72. The fraction of sp³-hybridized carbons (Fsp3) is 0.0568. The minimum atomic E-state index is -0.158. The number of rotatable bonds is 10. The number of benzene rings is 13. The summed E-state index contributed by atoms with van der Waals surface area (Å²) in [5, 5.41) is 0. The molecule has 0 unspecified atom stereocenters. The van der Waals surface area contributed by atoms with E-state index in [0.29, 0.717) is 0 Å². The molecule has 418 valence electrons. The van der Waals surface area contributed by atoms with Crippen LogP contribution < -0.4 is 0 Å². The predicted octanol–water partition coefficient (Wildman–Crippen LogP) is 22.8. The van der Waals surface area contributed by atoms with E-state index in [1.807, 2.05) is 0 Å². The summed E-state index contributed by atoms with van der Waals surface area (Å²) in [6.45, 7) is 4.38. The van der Waals surface area contributed by atoms with E-state index < -0.39 is 0 Å². The van der Waals surface area contributed by atoms with Crippen LogP contribution in [0.2, 0.25) is 0 Å². The highest BCUT2D eigenvalue weighted by Gasteiger charge is 2.37. The van der Waals surface area contributed by atoms with Gasteiger partial charge in [-0.3, -0.25) is 0 Å². The normalized spacial score (nSPS) is 12.9. The lowest BCUT2D eigenvalue weighted by molar-refractivity contribution is 1.01. The van der Waals surface area contributed by atoms with E-state index >= 15 is 0 Å². The van der Waals surface area contributed by atoms with Crippen molar-refractivity contribution in [1.82, 2.24) is 4.98 Å². The van der Waals surface area contributed by atoms with Crippen molar-refractivity contribution in [3.63, 3.8) is 0 Å². The number of fused-ring (bicyclic) bond motifs is 9. The highest BCUT2D eigenvalue weighted by atomic mass is 14.7. The van der Waals surface area contributed by atoms with Crippen LogP contribution in [-0.2, 0) is 0 Å². The number of pyridine rings is 1. The van der Waals surface area contributed by atoms with Crippen LogP contribution in [0.1, 0.15) is 79.0 Å². The standard InChI is InChI=1S/C88H61N/c1-55-21-17-27-59(45-55)61-41-43-77-81(49-61)82-50-62(60-28-18-22-56(2)46-60)42-44-78(82)87(77)88-79(63-29-19-31-65(47-63)85-73-37-13-9-33-69(73)70-34-10-14-38-74(70)85)51-68(84-54-67(57-23-5-3-6-24-57)53-83(89-84)58-25-7-4-8-26-58)52-80(88)64-30-20-32-66(48-64)86-75-39-15-11-35-71(75)72-36-12-16-40-76(72)86/h3-54,85-87H,1-2H3. The maximum absolute atomic E-state index is 5.72. The monoisotopic (exact) mass is 1130 g/mol. The molecule has 1 aromatic heterocycles. The van der Waals surface area contributed by atoms with E-state index in [1.54, 1.807) is 0 Å². The Bertz CT molecular complexity index is 4720. The summed E-state index contributed by atoms with van der Waals surface area (Å²) < 4.78 is 0. The molecule has 3 aliphatic carbocycles. The second-order valence-corrected chi connectivity index (χ2v) is 24.6. The molecule has 0 spiro atoms. The molecule has 17 rings (SSSR count). The molecule has 0 fully saturated rings. The van der Waals surface area contributed by atoms with Crippen LogP contribution in [0.4, 0.5) is 0 Å². The first-order valence-corrected chi connectivity index (χ1v) is 31.2. The van der Waals surface area contributed by atoms with Crippen molar-refractivity contribution < 1.29 is 0 Å². The van der Waals surface area contributed by atoms with Crippen LogP contribution in [0.5, 0.6) is 0 Å². The summed E-state index contributed by atoms with van der Waals surface area (Å²) >= 11 is 0. The Kier molecular flexibility index (Phi) is 12.6. The van der Waals surface area contributed by atoms with Crippen LogP contribution in [0.3, 0.4) is 0 Å². The van der Waals surface area contributed by atoms with Crippen molar-refractivity contribution in [3.05, 3.63) is 377 Å². The van der Waals surface area contributed by atoms with Crippen molar-refractivity contribution in [2.45, 2.75) is 31.6 Å². The van der Waals surface area contributed by atoms with Crippen molar-refractivity contribution >= 4 is 0 Å². The molecule has 1 nitrogen and oxygen atoms in total. The van der Waals surface area contributed by atoms with Gasteiger partial charge in [0.25, 0.3) is 0 Å². The van der Waals surface area contributed by atoms with Gasteiger partial charge in [0.1, 0.15) is 0 Å². The second kappa shape index (κ2) is 21.5. The lowest BCUT2D eigenvalue weighted by Crippen LogP contribution is -2.07. The summed E-state index contributed by atoms with van der Waals surface area (Å²) in [6, 6.07) is 119. The third-order valence-electron chi connectivity index (χ3n) is 19.2. The molecule has 0 aliphatic heterocycles. The molecule has 0 bridgehead atoms. The van der Waals surface area contributed by atoms with Crippen LogP contribution in [-0.4, -0.2) is 4.98 Å². The topological polar surface area (TPSA) is 12.9 Å². The molecule has 1 heterocycles. The van der Waals surface area contributed by atoms with Gasteiger partial charge in [-0.2, -0.15) is 0 Å². The van der Waals surface area contributed by atoms with Crippen LogP contribution in [0.25, 0.3) is 112 Å². The van der Waals surface area contributed by atoms with Gasteiger partial charge in [0.05, 0.1) is 11.4 Å².